The minimum Gasteiger partial charge on any atom is -0.396 e. The fourth-order valence-corrected chi connectivity index (χ4v) is 2.53. The summed E-state index contributed by atoms with van der Waals surface area (Å²) in [7, 11) is 1.69. The molecule has 0 saturated carbocycles. The average molecular weight is 279 g/mol. The molecule has 0 bridgehead atoms. The minimum atomic E-state index is -0.516. The molecule has 0 atom stereocenters. The van der Waals surface area contributed by atoms with Crippen LogP contribution >= 0.6 is 11.3 Å². The first-order chi connectivity index (χ1) is 8.97. The molecule has 0 aliphatic heterocycles. The summed E-state index contributed by atoms with van der Waals surface area (Å²) in [5.41, 5.74) is 5.82. The fourth-order valence-electron chi connectivity index (χ4n) is 1.68. The van der Waals surface area contributed by atoms with Crippen LogP contribution in [-0.2, 0) is 6.54 Å². The Labute approximate surface area is 114 Å². The van der Waals surface area contributed by atoms with Gasteiger partial charge in [0.05, 0.1) is 17.2 Å². The predicted molar refractivity (Wildman–Crippen MR) is 73.5 cm³/mol. The van der Waals surface area contributed by atoms with Crippen LogP contribution in [0.4, 0.5) is 10.1 Å². The van der Waals surface area contributed by atoms with E-state index in [1.54, 1.807) is 29.5 Å². The second-order valence-corrected chi connectivity index (χ2v) is 5.56. The first-order valence-electron chi connectivity index (χ1n) is 5.69. The van der Waals surface area contributed by atoms with Gasteiger partial charge < -0.3 is 10.6 Å². The molecule has 2 N–H and O–H groups in total. The third-order valence-corrected chi connectivity index (χ3v) is 3.55. The van der Waals surface area contributed by atoms with Crippen molar-refractivity contribution in [2.45, 2.75) is 13.5 Å². The molecule has 2 aromatic rings. The lowest BCUT2D eigenvalue weighted by atomic mass is 10.1. The number of aromatic nitrogens is 1. The van der Waals surface area contributed by atoms with Gasteiger partial charge in [0, 0.05) is 23.7 Å². The Morgan fingerprint density at radius 3 is 2.84 bits per heavy atom. The Bertz CT molecular complexity index is 612. The van der Waals surface area contributed by atoms with E-state index in [1.807, 2.05) is 6.92 Å². The number of thiazole rings is 1. The zero-order valence-electron chi connectivity index (χ0n) is 10.7. The number of aryl methyl sites for hydroxylation is 1. The van der Waals surface area contributed by atoms with Crippen LogP contribution < -0.4 is 5.73 Å². The van der Waals surface area contributed by atoms with Crippen LogP contribution in [0.15, 0.2) is 24.4 Å². The molecule has 19 heavy (non-hydrogen) atoms. The zero-order chi connectivity index (χ0) is 14.0. The van der Waals surface area contributed by atoms with Crippen molar-refractivity contribution in [3.63, 3.8) is 0 Å². The van der Waals surface area contributed by atoms with E-state index >= 15 is 0 Å². The number of anilines is 1. The smallest absolute Gasteiger partial charge is 0.254 e. The Balaban J connectivity index is 2.12. The summed E-state index contributed by atoms with van der Waals surface area (Å²) < 4.78 is 13.1. The molecule has 0 unspecified atom stereocenters. The van der Waals surface area contributed by atoms with Gasteiger partial charge in [-0.3, -0.25) is 4.79 Å². The molecule has 6 heteroatoms. The summed E-state index contributed by atoms with van der Waals surface area (Å²) in [6, 6.07) is 3.99. The molecule has 1 aromatic heterocycles. The van der Waals surface area contributed by atoms with Crippen LogP contribution in [0.3, 0.4) is 0 Å². The lowest BCUT2D eigenvalue weighted by Crippen LogP contribution is -2.25. The van der Waals surface area contributed by atoms with Crippen LogP contribution in [0.1, 0.15) is 20.2 Å². The summed E-state index contributed by atoms with van der Waals surface area (Å²) in [6.45, 7) is 2.39. The molecular weight excluding hydrogens is 265 g/mol. The summed E-state index contributed by atoms with van der Waals surface area (Å²) >= 11 is 1.54. The molecule has 0 aliphatic carbocycles. The van der Waals surface area contributed by atoms with Crippen LogP contribution in [0, 0.1) is 12.7 Å². The number of carbonyl (C=O) groups excluding carboxylic acids is 1. The van der Waals surface area contributed by atoms with Crippen molar-refractivity contribution in [1.29, 1.82) is 0 Å². The maximum atomic E-state index is 13.1. The number of carbonyl (C=O) groups is 1. The summed E-state index contributed by atoms with van der Waals surface area (Å²) in [5, 5.41) is 0.960. The molecule has 0 aliphatic rings. The molecule has 0 spiro atoms. The Morgan fingerprint density at radius 1 is 1.53 bits per heavy atom. The number of rotatable bonds is 3. The lowest BCUT2D eigenvalue weighted by Gasteiger charge is -2.16. The van der Waals surface area contributed by atoms with Crippen LogP contribution in [0.2, 0.25) is 0 Å². The van der Waals surface area contributed by atoms with Crippen LogP contribution in [0.5, 0.6) is 0 Å². The topological polar surface area (TPSA) is 59.2 Å². The van der Waals surface area contributed by atoms with Crippen molar-refractivity contribution in [2.75, 3.05) is 12.8 Å². The highest BCUT2D eigenvalue weighted by molar-refractivity contribution is 7.11. The van der Waals surface area contributed by atoms with Crippen LogP contribution in [0.25, 0.3) is 0 Å². The standard InChI is InChI=1S/C13H14FN3OS/c1-8-16-6-10(19-8)7-17(2)13(18)9-3-4-11(14)12(15)5-9/h3-6H,7,15H2,1-2H3. The summed E-state index contributed by atoms with van der Waals surface area (Å²) in [6.07, 6.45) is 1.75. The number of hydrogen-bond acceptors (Lipinski definition) is 4. The van der Waals surface area contributed by atoms with Crippen molar-refractivity contribution >= 4 is 22.9 Å². The van der Waals surface area contributed by atoms with E-state index in [9.17, 15) is 9.18 Å². The number of hydrogen-bond donors (Lipinski definition) is 1. The molecule has 0 fully saturated rings. The van der Waals surface area contributed by atoms with Gasteiger partial charge >= 0.3 is 0 Å². The first kappa shape index (κ1) is 13.5. The third kappa shape index (κ3) is 3.08. The van der Waals surface area contributed by atoms with E-state index in [0.717, 1.165) is 9.88 Å². The Hall–Kier alpha value is -1.95. The van der Waals surface area contributed by atoms with Gasteiger partial charge in [0.2, 0.25) is 0 Å². The number of halogens is 1. The summed E-state index contributed by atoms with van der Waals surface area (Å²) in [5.74, 6) is -0.713. The molecule has 1 aromatic carbocycles. The highest BCUT2D eigenvalue weighted by Gasteiger charge is 2.14. The van der Waals surface area contributed by atoms with E-state index in [1.165, 1.54) is 18.2 Å². The highest BCUT2D eigenvalue weighted by atomic mass is 32.1. The number of benzene rings is 1. The molecule has 1 heterocycles. The third-order valence-electron chi connectivity index (χ3n) is 2.65. The Kier molecular flexibility index (Phi) is 3.80. The fraction of sp³-hybridized carbons (Fsp3) is 0.231. The van der Waals surface area contributed by atoms with Crippen LogP contribution in [-0.4, -0.2) is 22.8 Å². The molecule has 0 saturated heterocycles. The normalized spacial score (nSPS) is 10.5. The molecule has 4 nitrogen and oxygen atoms in total. The zero-order valence-corrected chi connectivity index (χ0v) is 11.5. The number of nitrogens with two attached hydrogens (primary N) is 1. The van der Waals surface area contributed by atoms with Crippen molar-refractivity contribution in [3.05, 3.63) is 45.7 Å². The minimum absolute atomic E-state index is 0.0205. The van der Waals surface area contributed by atoms with Gasteiger partial charge in [-0.15, -0.1) is 11.3 Å². The number of amides is 1. The number of nitrogen functional groups attached to an aromatic ring is 1. The molecule has 1 amide bonds. The number of nitrogens with zero attached hydrogens (tertiary/aromatic N) is 2. The average Bonchev–Trinajstić information content (AvgIpc) is 2.77. The van der Waals surface area contributed by atoms with Gasteiger partial charge in [-0.2, -0.15) is 0 Å². The van der Waals surface area contributed by atoms with Crippen molar-refractivity contribution in [1.82, 2.24) is 9.88 Å². The van der Waals surface area contributed by atoms with Gasteiger partial charge in [-0.05, 0) is 25.1 Å². The SMILES string of the molecule is Cc1ncc(CN(C)C(=O)c2ccc(F)c(N)c2)s1. The first-order valence-corrected chi connectivity index (χ1v) is 6.51. The quantitative estimate of drug-likeness (QED) is 0.878. The lowest BCUT2D eigenvalue weighted by molar-refractivity contribution is 0.0786. The van der Waals surface area contributed by atoms with Crippen molar-refractivity contribution < 1.29 is 9.18 Å². The van der Waals surface area contributed by atoms with Gasteiger partial charge in [0.1, 0.15) is 5.82 Å². The molecule has 100 valence electrons. The Morgan fingerprint density at radius 2 is 2.26 bits per heavy atom. The largest absolute Gasteiger partial charge is 0.396 e. The van der Waals surface area contributed by atoms with Gasteiger partial charge in [0.25, 0.3) is 5.91 Å². The second-order valence-electron chi connectivity index (χ2n) is 4.24. The van der Waals surface area contributed by atoms with Crippen molar-refractivity contribution in [2.24, 2.45) is 0 Å². The van der Waals surface area contributed by atoms with E-state index in [4.69, 9.17) is 5.73 Å². The monoisotopic (exact) mass is 279 g/mol. The highest BCUT2D eigenvalue weighted by Crippen LogP contribution is 2.17. The molecule has 2 rings (SSSR count). The molecule has 0 radical (unpaired) electrons. The van der Waals surface area contributed by atoms with Gasteiger partial charge in [0.15, 0.2) is 0 Å². The van der Waals surface area contributed by atoms with Gasteiger partial charge in [-0.1, -0.05) is 0 Å². The maximum absolute atomic E-state index is 13.1. The van der Waals surface area contributed by atoms with E-state index in [0.29, 0.717) is 12.1 Å². The van der Waals surface area contributed by atoms with Crippen molar-refractivity contribution in [3.8, 4) is 0 Å². The van der Waals surface area contributed by atoms with Gasteiger partial charge in [-0.25, -0.2) is 9.37 Å². The summed E-state index contributed by atoms with van der Waals surface area (Å²) in [4.78, 5) is 18.8. The second kappa shape index (κ2) is 5.36. The van der Waals surface area contributed by atoms with E-state index in [-0.39, 0.29) is 11.6 Å². The predicted octanol–water partition coefficient (Wildman–Crippen LogP) is 2.45. The van der Waals surface area contributed by atoms with E-state index < -0.39 is 5.82 Å². The van der Waals surface area contributed by atoms with E-state index in [2.05, 4.69) is 4.98 Å². The molecular formula is C13H14FN3OS. The maximum Gasteiger partial charge on any atom is 0.254 e.